The molecule has 1 aromatic heterocycles. The average molecular weight is 381 g/mol. The number of non-ortho nitro benzene ring substituents is 1. The van der Waals surface area contributed by atoms with Gasteiger partial charge < -0.3 is 14.6 Å². The van der Waals surface area contributed by atoms with Gasteiger partial charge in [-0.3, -0.25) is 14.9 Å². The number of fused-ring (bicyclic) bond motifs is 1. The van der Waals surface area contributed by atoms with Crippen LogP contribution in [-0.2, 0) is 6.42 Å². The minimum Gasteiger partial charge on any atom is -0.492 e. The lowest BCUT2D eigenvalue weighted by Gasteiger charge is -2.17. The van der Waals surface area contributed by atoms with Gasteiger partial charge in [0.05, 0.1) is 10.4 Å². The third-order valence-corrected chi connectivity index (χ3v) is 4.72. The van der Waals surface area contributed by atoms with Gasteiger partial charge in [-0.05, 0) is 43.7 Å². The number of H-pyrrole nitrogens is 1. The molecule has 1 heterocycles. The summed E-state index contributed by atoms with van der Waals surface area (Å²) in [7, 11) is 2.01. The van der Waals surface area contributed by atoms with E-state index in [1.807, 2.05) is 26.1 Å². The first-order chi connectivity index (χ1) is 13.4. The largest absolute Gasteiger partial charge is 0.492 e. The first kappa shape index (κ1) is 19.6. The van der Waals surface area contributed by atoms with Gasteiger partial charge in [-0.25, -0.2) is 0 Å². The molecule has 7 heteroatoms. The first-order valence-electron chi connectivity index (χ1n) is 9.11. The van der Waals surface area contributed by atoms with E-state index in [-0.39, 0.29) is 11.2 Å². The quantitative estimate of drug-likeness (QED) is 0.478. The lowest BCUT2D eigenvalue weighted by Crippen LogP contribution is -2.26. The van der Waals surface area contributed by atoms with Crippen LogP contribution < -0.4 is 10.3 Å². The van der Waals surface area contributed by atoms with Gasteiger partial charge >= 0.3 is 0 Å². The van der Waals surface area contributed by atoms with E-state index in [4.69, 9.17) is 4.74 Å². The van der Waals surface area contributed by atoms with E-state index in [2.05, 4.69) is 9.88 Å². The van der Waals surface area contributed by atoms with Crippen LogP contribution in [0.4, 0.5) is 5.69 Å². The molecule has 0 aliphatic rings. The summed E-state index contributed by atoms with van der Waals surface area (Å²) in [5.41, 5.74) is 2.85. The number of aromatic nitrogens is 1. The van der Waals surface area contributed by atoms with Crippen LogP contribution in [0.5, 0.6) is 5.75 Å². The van der Waals surface area contributed by atoms with Crippen LogP contribution in [-0.4, -0.2) is 41.6 Å². The topological polar surface area (TPSA) is 88.5 Å². The second kappa shape index (κ2) is 8.67. The molecule has 0 amide bonds. The van der Waals surface area contributed by atoms with Crippen LogP contribution in [0.2, 0.25) is 0 Å². The average Bonchev–Trinajstić information content (AvgIpc) is 2.68. The number of nitro groups is 1. The van der Waals surface area contributed by atoms with E-state index in [0.717, 1.165) is 47.3 Å². The van der Waals surface area contributed by atoms with Gasteiger partial charge in [-0.2, -0.15) is 0 Å². The Bertz CT molecular complexity index is 1030. The number of hydrogen-bond donors (Lipinski definition) is 1. The third-order valence-electron chi connectivity index (χ3n) is 4.72. The van der Waals surface area contributed by atoms with E-state index < -0.39 is 4.92 Å². The molecular weight excluding hydrogens is 358 g/mol. The molecule has 3 rings (SSSR count). The molecule has 0 radical (unpaired) electrons. The zero-order valence-electron chi connectivity index (χ0n) is 16.0. The van der Waals surface area contributed by atoms with Crippen LogP contribution >= 0.6 is 0 Å². The fraction of sp³-hybridized carbons (Fsp3) is 0.286. The van der Waals surface area contributed by atoms with E-state index in [1.165, 1.54) is 18.2 Å². The number of aromatic amines is 1. The highest BCUT2D eigenvalue weighted by Crippen LogP contribution is 2.25. The molecule has 0 saturated heterocycles. The van der Waals surface area contributed by atoms with E-state index in [0.29, 0.717) is 6.61 Å². The third kappa shape index (κ3) is 4.75. The first-order valence-corrected chi connectivity index (χ1v) is 9.11. The number of nitrogens with one attached hydrogen (secondary N) is 1. The standard InChI is InChI=1S/C21H23N3O4/c1-15-3-9-19(18-8-10-20(25)22-21(15)18)28-14-13-23(2)12-11-16-4-6-17(7-5-16)24(26)27/h3-10H,11-14H2,1-2H3,(H,22,25). The second-order valence-electron chi connectivity index (χ2n) is 6.82. The fourth-order valence-corrected chi connectivity index (χ4v) is 3.02. The predicted molar refractivity (Wildman–Crippen MR) is 109 cm³/mol. The van der Waals surface area contributed by atoms with Gasteiger partial charge in [0, 0.05) is 36.7 Å². The van der Waals surface area contributed by atoms with E-state index in [9.17, 15) is 14.9 Å². The molecule has 28 heavy (non-hydrogen) atoms. The number of ether oxygens (including phenoxy) is 1. The molecule has 0 bridgehead atoms. The molecule has 0 fully saturated rings. The number of nitro benzene ring substituents is 1. The van der Waals surface area contributed by atoms with Crippen molar-refractivity contribution in [2.75, 3.05) is 26.7 Å². The number of hydrogen-bond acceptors (Lipinski definition) is 5. The van der Waals surface area contributed by atoms with Crippen LogP contribution in [0.25, 0.3) is 10.9 Å². The van der Waals surface area contributed by atoms with Crippen molar-refractivity contribution in [1.29, 1.82) is 0 Å². The Morgan fingerprint density at radius 1 is 1.07 bits per heavy atom. The summed E-state index contributed by atoms with van der Waals surface area (Å²) in [5, 5.41) is 11.6. The number of rotatable bonds is 8. The Labute approximate surface area is 162 Å². The summed E-state index contributed by atoms with van der Waals surface area (Å²) in [4.78, 5) is 26.9. The fourth-order valence-electron chi connectivity index (χ4n) is 3.02. The monoisotopic (exact) mass is 381 g/mol. The number of aryl methyl sites for hydroxylation is 1. The SMILES string of the molecule is Cc1ccc(OCCN(C)CCc2ccc([N+](=O)[O-])cc2)c2ccc(=O)[nH]c12. The summed E-state index contributed by atoms with van der Waals surface area (Å²) in [6.45, 7) is 4.04. The molecule has 0 aliphatic carbocycles. The summed E-state index contributed by atoms with van der Waals surface area (Å²) < 4.78 is 5.94. The molecule has 0 unspecified atom stereocenters. The van der Waals surface area contributed by atoms with Crippen molar-refractivity contribution in [3.8, 4) is 5.75 Å². The van der Waals surface area contributed by atoms with Crippen LogP contribution in [0, 0.1) is 17.0 Å². The Kier molecular flexibility index (Phi) is 6.06. The van der Waals surface area contributed by atoms with Gasteiger partial charge in [-0.1, -0.05) is 18.2 Å². The highest BCUT2D eigenvalue weighted by molar-refractivity contribution is 5.87. The van der Waals surface area contributed by atoms with Crippen LogP contribution in [0.3, 0.4) is 0 Å². The zero-order chi connectivity index (χ0) is 20.1. The number of benzene rings is 2. The number of pyridine rings is 1. The second-order valence-corrected chi connectivity index (χ2v) is 6.82. The summed E-state index contributed by atoms with van der Waals surface area (Å²) in [6.07, 6.45) is 0.809. The zero-order valence-corrected chi connectivity index (χ0v) is 16.0. The Balaban J connectivity index is 1.52. The molecule has 0 spiro atoms. The van der Waals surface area contributed by atoms with Gasteiger partial charge in [0.25, 0.3) is 5.69 Å². The molecule has 0 atom stereocenters. The lowest BCUT2D eigenvalue weighted by atomic mass is 10.1. The number of nitrogens with zero attached hydrogens (tertiary/aromatic N) is 2. The highest BCUT2D eigenvalue weighted by Gasteiger charge is 2.08. The van der Waals surface area contributed by atoms with Crippen molar-refractivity contribution in [3.05, 3.63) is 80.1 Å². The Morgan fingerprint density at radius 2 is 1.82 bits per heavy atom. The van der Waals surface area contributed by atoms with Crippen molar-refractivity contribution in [2.45, 2.75) is 13.3 Å². The molecule has 1 N–H and O–H groups in total. The molecular formula is C21H23N3O4. The smallest absolute Gasteiger partial charge is 0.269 e. The lowest BCUT2D eigenvalue weighted by molar-refractivity contribution is -0.384. The highest BCUT2D eigenvalue weighted by atomic mass is 16.6. The minimum absolute atomic E-state index is 0.108. The maximum absolute atomic E-state index is 11.6. The number of likely N-dealkylation sites (N-methyl/N-ethyl adjacent to an activating group) is 1. The maximum Gasteiger partial charge on any atom is 0.269 e. The Hall–Kier alpha value is -3.19. The summed E-state index contributed by atoms with van der Waals surface area (Å²) in [5.74, 6) is 0.751. The van der Waals surface area contributed by atoms with Gasteiger partial charge in [0.1, 0.15) is 12.4 Å². The predicted octanol–water partition coefficient (Wildman–Crippen LogP) is 3.30. The normalized spacial score (nSPS) is 11.1. The van der Waals surface area contributed by atoms with Crippen molar-refractivity contribution < 1.29 is 9.66 Å². The van der Waals surface area contributed by atoms with E-state index >= 15 is 0 Å². The maximum atomic E-state index is 11.6. The van der Waals surface area contributed by atoms with Crippen molar-refractivity contribution >= 4 is 16.6 Å². The molecule has 146 valence electrons. The molecule has 7 nitrogen and oxygen atoms in total. The van der Waals surface area contributed by atoms with Crippen molar-refractivity contribution in [3.63, 3.8) is 0 Å². The van der Waals surface area contributed by atoms with Gasteiger partial charge in [0.15, 0.2) is 0 Å². The summed E-state index contributed by atoms with van der Waals surface area (Å²) >= 11 is 0. The molecule has 2 aromatic carbocycles. The van der Waals surface area contributed by atoms with Crippen LogP contribution in [0.15, 0.2) is 53.3 Å². The molecule has 3 aromatic rings. The molecule has 0 saturated carbocycles. The summed E-state index contributed by atoms with van der Waals surface area (Å²) in [6, 6.07) is 13.8. The van der Waals surface area contributed by atoms with Gasteiger partial charge in [-0.15, -0.1) is 0 Å². The van der Waals surface area contributed by atoms with Gasteiger partial charge in [0.2, 0.25) is 5.56 Å². The molecule has 0 aliphatic heterocycles. The van der Waals surface area contributed by atoms with E-state index in [1.54, 1.807) is 18.2 Å². The van der Waals surface area contributed by atoms with Crippen molar-refractivity contribution in [1.82, 2.24) is 9.88 Å². The van der Waals surface area contributed by atoms with Crippen LogP contribution in [0.1, 0.15) is 11.1 Å². The van der Waals surface area contributed by atoms with Crippen molar-refractivity contribution in [2.24, 2.45) is 0 Å². The minimum atomic E-state index is -0.391. The Morgan fingerprint density at radius 3 is 2.54 bits per heavy atom.